The Labute approximate surface area is 78.9 Å². The maximum atomic E-state index is 13.2. The molecule has 0 heterocycles. The molecule has 0 saturated heterocycles. The largest absolute Gasteiger partial charge is 0.327 e. The summed E-state index contributed by atoms with van der Waals surface area (Å²) >= 11 is 3.39. The third-order valence-corrected chi connectivity index (χ3v) is 2.99. The van der Waals surface area contributed by atoms with Crippen LogP contribution in [0, 0.1) is 5.82 Å². The van der Waals surface area contributed by atoms with Gasteiger partial charge in [-0.05, 0) is 36.1 Å². The van der Waals surface area contributed by atoms with Gasteiger partial charge >= 0.3 is 0 Å². The molecule has 2 rings (SSSR count). The van der Waals surface area contributed by atoms with E-state index in [9.17, 15) is 4.39 Å². The van der Waals surface area contributed by atoms with Crippen molar-refractivity contribution in [1.82, 2.24) is 0 Å². The minimum Gasteiger partial charge on any atom is -0.327 e. The van der Waals surface area contributed by atoms with Crippen molar-refractivity contribution in [3.8, 4) is 0 Å². The summed E-state index contributed by atoms with van der Waals surface area (Å²) < 4.78 is 14.1. The Morgan fingerprint density at radius 1 is 1.33 bits per heavy atom. The van der Waals surface area contributed by atoms with Crippen molar-refractivity contribution in [2.75, 3.05) is 0 Å². The van der Waals surface area contributed by atoms with E-state index < -0.39 is 0 Å². The van der Waals surface area contributed by atoms with E-state index in [0.29, 0.717) is 6.42 Å². The molecular weight excluding hydrogens is 221 g/mol. The summed E-state index contributed by atoms with van der Waals surface area (Å²) in [5.74, 6) is -0.124. The fraction of sp³-hybridized carbons (Fsp3) is 0.333. The second-order valence-electron chi connectivity index (χ2n) is 3.15. The van der Waals surface area contributed by atoms with Gasteiger partial charge in [0.2, 0.25) is 0 Å². The van der Waals surface area contributed by atoms with Crippen LogP contribution in [0.5, 0.6) is 0 Å². The molecule has 0 aliphatic heterocycles. The van der Waals surface area contributed by atoms with Crippen molar-refractivity contribution in [2.24, 2.45) is 5.73 Å². The van der Waals surface area contributed by atoms with E-state index in [1.807, 2.05) is 0 Å². The zero-order chi connectivity index (χ0) is 8.72. The monoisotopic (exact) mass is 229 g/mol. The van der Waals surface area contributed by atoms with E-state index in [-0.39, 0.29) is 11.9 Å². The molecule has 12 heavy (non-hydrogen) atoms. The lowest BCUT2D eigenvalue weighted by Gasteiger charge is -2.01. The number of hydrogen-bond donors (Lipinski definition) is 1. The van der Waals surface area contributed by atoms with E-state index in [1.165, 1.54) is 6.07 Å². The Hall–Kier alpha value is -0.410. The normalized spacial score (nSPS) is 21.1. The van der Waals surface area contributed by atoms with Crippen LogP contribution in [0.1, 0.15) is 11.1 Å². The van der Waals surface area contributed by atoms with Gasteiger partial charge in [0, 0.05) is 10.5 Å². The maximum Gasteiger partial charge on any atom is 0.126 e. The number of benzene rings is 1. The van der Waals surface area contributed by atoms with E-state index in [2.05, 4.69) is 15.9 Å². The molecule has 0 fully saturated rings. The molecule has 1 aromatic rings. The van der Waals surface area contributed by atoms with E-state index in [0.717, 1.165) is 22.0 Å². The predicted molar refractivity (Wildman–Crippen MR) is 49.5 cm³/mol. The molecule has 0 saturated carbocycles. The number of nitrogens with two attached hydrogens (primary N) is 1. The molecular formula is C9H9BrFN. The first-order chi connectivity index (χ1) is 5.68. The molecule has 0 spiro atoms. The van der Waals surface area contributed by atoms with Crippen molar-refractivity contribution in [1.29, 1.82) is 0 Å². The van der Waals surface area contributed by atoms with Crippen LogP contribution in [-0.4, -0.2) is 6.04 Å². The highest BCUT2D eigenvalue weighted by atomic mass is 79.9. The van der Waals surface area contributed by atoms with Gasteiger partial charge in [-0.15, -0.1) is 0 Å². The number of fused-ring (bicyclic) bond motifs is 1. The van der Waals surface area contributed by atoms with E-state index in [4.69, 9.17) is 5.73 Å². The van der Waals surface area contributed by atoms with Gasteiger partial charge in [0.05, 0.1) is 0 Å². The van der Waals surface area contributed by atoms with E-state index in [1.54, 1.807) is 6.07 Å². The van der Waals surface area contributed by atoms with Crippen molar-refractivity contribution in [2.45, 2.75) is 18.9 Å². The zero-order valence-corrected chi connectivity index (χ0v) is 8.07. The van der Waals surface area contributed by atoms with Crippen LogP contribution < -0.4 is 5.73 Å². The lowest BCUT2D eigenvalue weighted by Crippen LogP contribution is -2.19. The number of hydrogen-bond acceptors (Lipinski definition) is 1. The molecule has 64 valence electrons. The van der Waals surface area contributed by atoms with Crippen LogP contribution in [0.25, 0.3) is 0 Å². The maximum absolute atomic E-state index is 13.2. The van der Waals surface area contributed by atoms with Gasteiger partial charge in [-0.3, -0.25) is 0 Å². The van der Waals surface area contributed by atoms with Crippen LogP contribution in [0.15, 0.2) is 16.6 Å². The van der Waals surface area contributed by atoms with Crippen LogP contribution in [-0.2, 0) is 12.8 Å². The summed E-state index contributed by atoms with van der Waals surface area (Å²) in [6.07, 6.45) is 1.45. The smallest absolute Gasteiger partial charge is 0.126 e. The lowest BCUT2D eigenvalue weighted by atomic mass is 10.1. The van der Waals surface area contributed by atoms with Crippen molar-refractivity contribution in [3.63, 3.8) is 0 Å². The third kappa shape index (κ3) is 1.17. The van der Waals surface area contributed by atoms with Gasteiger partial charge in [0.25, 0.3) is 0 Å². The standard InChI is InChI=1S/C9H9BrFN/c10-8-1-2-9(11)7-4-5(12)3-6(7)8/h1-2,5H,3-4,12H2. The molecule has 2 N–H and O–H groups in total. The molecule has 1 nitrogen and oxygen atoms in total. The molecule has 1 aromatic carbocycles. The molecule has 0 aromatic heterocycles. The third-order valence-electron chi connectivity index (χ3n) is 2.25. The summed E-state index contributed by atoms with van der Waals surface area (Å²) in [7, 11) is 0. The Bertz CT molecular complexity index is 294. The topological polar surface area (TPSA) is 26.0 Å². The second-order valence-corrected chi connectivity index (χ2v) is 4.01. The van der Waals surface area contributed by atoms with Gasteiger partial charge in [-0.2, -0.15) is 0 Å². The van der Waals surface area contributed by atoms with Gasteiger partial charge in [-0.1, -0.05) is 15.9 Å². The Kier molecular flexibility index (Phi) is 1.93. The molecule has 0 radical (unpaired) electrons. The van der Waals surface area contributed by atoms with Gasteiger partial charge in [0.15, 0.2) is 0 Å². The summed E-state index contributed by atoms with van der Waals surface area (Å²) in [6.45, 7) is 0. The summed E-state index contributed by atoms with van der Waals surface area (Å²) in [5.41, 5.74) is 7.57. The highest BCUT2D eigenvalue weighted by molar-refractivity contribution is 9.10. The molecule has 1 unspecified atom stereocenters. The SMILES string of the molecule is NC1Cc2c(F)ccc(Br)c2C1. The molecule has 1 aliphatic carbocycles. The number of halogens is 2. The van der Waals surface area contributed by atoms with Gasteiger partial charge in [0.1, 0.15) is 5.82 Å². The lowest BCUT2D eigenvalue weighted by molar-refractivity contribution is 0.606. The predicted octanol–water partition coefficient (Wildman–Crippen LogP) is 2.01. The minimum atomic E-state index is -0.124. The minimum absolute atomic E-state index is 0.0909. The van der Waals surface area contributed by atoms with Crippen LogP contribution >= 0.6 is 15.9 Å². The van der Waals surface area contributed by atoms with Gasteiger partial charge in [-0.25, -0.2) is 4.39 Å². The van der Waals surface area contributed by atoms with Crippen molar-refractivity contribution < 1.29 is 4.39 Å². The fourth-order valence-electron chi connectivity index (χ4n) is 1.67. The average Bonchev–Trinajstić information content (AvgIpc) is 2.41. The first-order valence-electron chi connectivity index (χ1n) is 3.90. The van der Waals surface area contributed by atoms with Gasteiger partial charge < -0.3 is 5.73 Å². The Morgan fingerprint density at radius 3 is 2.67 bits per heavy atom. The summed E-state index contributed by atoms with van der Waals surface area (Å²) in [5, 5.41) is 0. The van der Waals surface area contributed by atoms with Crippen LogP contribution in [0.4, 0.5) is 4.39 Å². The average molecular weight is 230 g/mol. The highest BCUT2D eigenvalue weighted by Crippen LogP contribution is 2.30. The Morgan fingerprint density at radius 2 is 2.00 bits per heavy atom. The molecule has 0 bridgehead atoms. The van der Waals surface area contributed by atoms with Crippen LogP contribution in [0.2, 0.25) is 0 Å². The highest BCUT2D eigenvalue weighted by Gasteiger charge is 2.23. The van der Waals surface area contributed by atoms with Crippen LogP contribution in [0.3, 0.4) is 0 Å². The van der Waals surface area contributed by atoms with E-state index >= 15 is 0 Å². The fourth-order valence-corrected chi connectivity index (χ4v) is 2.21. The molecule has 1 aliphatic rings. The molecule has 0 amide bonds. The van der Waals surface area contributed by atoms with Crippen molar-refractivity contribution >= 4 is 15.9 Å². The van der Waals surface area contributed by atoms with Crippen molar-refractivity contribution in [3.05, 3.63) is 33.5 Å². The number of rotatable bonds is 0. The first-order valence-corrected chi connectivity index (χ1v) is 4.69. The summed E-state index contributed by atoms with van der Waals surface area (Å²) in [4.78, 5) is 0. The molecule has 3 heteroatoms. The molecule has 1 atom stereocenters. The quantitative estimate of drug-likeness (QED) is 0.724. The Balaban J connectivity index is 2.56. The summed E-state index contributed by atoms with van der Waals surface area (Å²) in [6, 6.07) is 3.32. The first kappa shape index (κ1) is 8.20. The second kappa shape index (κ2) is 2.82. The zero-order valence-electron chi connectivity index (χ0n) is 6.48.